The normalized spacial score (nSPS) is 14.7. The second kappa shape index (κ2) is 8.18. The first-order valence-electron chi connectivity index (χ1n) is 8.39. The van der Waals surface area contributed by atoms with E-state index < -0.39 is 11.7 Å². The molecular weight excluding hydrogens is 309 g/mol. The van der Waals surface area contributed by atoms with Gasteiger partial charge in [0.15, 0.2) is 0 Å². The summed E-state index contributed by atoms with van der Waals surface area (Å²) < 4.78 is 24.3. The van der Waals surface area contributed by atoms with Crippen LogP contribution in [-0.2, 0) is 4.74 Å². The van der Waals surface area contributed by atoms with Crippen LogP contribution in [-0.4, -0.2) is 24.8 Å². The minimum Gasteiger partial charge on any atom is -0.493 e. The SMILES string of the molecule is CC(C)(C)OC(=O)NCCC=Cc1cc(F)ccc1OCC1CC1. The molecule has 0 heterocycles. The summed E-state index contributed by atoms with van der Waals surface area (Å²) in [6.45, 7) is 6.60. The molecule has 5 heteroatoms. The predicted octanol–water partition coefficient (Wildman–Crippen LogP) is 4.54. The number of carbonyl (C=O) groups excluding carboxylic acids is 1. The van der Waals surface area contributed by atoms with Gasteiger partial charge in [0.25, 0.3) is 0 Å². The topological polar surface area (TPSA) is 47.6 Å². The number of benzene rings is 1. The van der Waals surface area contributed by atoms with Crippen LogP contribution in [0.2, 0.25) is 0 Å². The van der Waals surface area contributed by atoms with E-state index in [0.717, 1.165) is 0 Å². The highest BCUT2D eigenvalue weighted by molar-refractivity contribution is 5.67. The largest absolute Gasteiger partial charge is 0.493 e. The number of hydrogen-bond donors (Lipinski definition) is 1. The number of ether oxygens (including phenoxy) is 2. The van der Waals surface area contributed by atoms with E-state index in [1.165, 1.54) is 25.0 Å². The fourth-order valence-corrected chi connectivity index (χ4v) is 2.06. The summed E-state index contributed by atoms with van der Waals surface area (Å²) >= 11 is 0. The molecule has 0 aromatic heterocycles. The lowest BCUT2D eigenvalue weighted by Gasteiger charge is -2.19. The highest BCUT2D eigenvalue weighted by atomic mass is 19.1. The fraction of sp³-hybridized carbons (Fsp3) is 0.526. The van der Waals surface area contributed by atoms with Crippen molar-refractivity contribution in [2.75, 3.05) is 13.2 Å². The molecule has 24 heavy (non-hydrogen) atoms. The zero-order chi connectivity index (χ0) is 17.6. The number of carbonyl (C=O) groups is 1. The number of nitrogens with one attached hydrogen (secondary N) is 1. The van der Waals surface area contributed by atoms with Crippen LogP contribution in [0.5, 0.6) is 5.75 Å². The van der Waals surface area contributed by atoms with Crippen molar-refractivity contribution in [1.82, 2.24) is 5.32 Å². The van der Waals surface area contributed by atoms with Gasteiger partial charge in [0.05, 0.1) is 6.61 Å². The second-order valence-corrected chi connectivity index (χ2v) is 7.06. The lowest BCUT2D eigenvalue weighted by molar-refractivity contribution is 0.0529. The van der Waals surface area contributed by atoms with Gasteiger partial charge < -0.3 is 14.8 Å². The zero-order valence-corrected chi connectivity index (χ0v) is 14.6. The van der Waals surface area contributed by atoms with Gasteiger partial charge in [-0.3, -0.25) is 0 Å². The third-order valence-electron chi connectivity index (χ3n) is 3.42. The average Bonchev–Trinajstić information content (AvgIpc) is 3.28. The third kappa shape index (κ3) is 7.02. The van der Waals surface area contributed by atoms with Gasteiger partial charge in [-0.15, -0.1) is 0 Å². The first kappa shape index (κ1) is 18.3. The highest BCUT2D eigenvalue weighted by Crippen LogP contribution is 2.30. The van der Waals surface area contributed by atoms with Gasteiger partial charge in [-0.1, -0.05) is 12.2 Å². The van der Waals surface area contributed by atoms with Crippen molar-refractivity contribution in [3.8, 4) is 5.75 Å². The predicted molar refractivity (Wildman–Crippen MR) is 92.5 cm³/mol. The number of rotatable bonds is 7. The maximum Gasteiger partial charge on any atom is 0.407 e. The molecule has 0 unspecified atom stereocenters. The molecule has 1 aromatic carbocycles. The maximum atomic E-state index is 13.4. The Labute approximate surface area is 143 Å². The van der Waals surface area contributed by atoms with Crippen LogP contribution >= 0.6 is 0 Å². The molecule has 1 aliphatic rings. The summed E-state index contributed by atoms with van der Waals surface area (Å²) in [6, 6.07) is 4.53. The maximum absolute atomic E-state index is 13.4. The molecule has 1 N–H and O–H groups in total. The molecule has 1 saturated carbocycles. The molecule has 132 valence electrons. The Morgan fingerprint density at radius 3 is 2.79 bits per heavy atom. The van der Waals surface area contributed by atoms with E-state index >= 15 is 0 Å². The van der Waals surface area contributed by atoms with E-state index in [4.69, 9.17) is 9.47 Å². The summed E-state index contributed by atoms with van der Waals surface area (Å²) in [7, 11) is 0. The van der Waals surface area contributed by atoms with Crippen molar-refractivity contribution in [1.29, 1.82) is 0 Å². The van der Waals surface area contributed by atoms with Crippen LogP contribution in [0.1, 0.15) is 45.6 Å². The van der Waals surface area contributed by atoms with Gasteiger partial charge in [-0.25, -0.2) is 9.18 Å². The minimum atomic E-state index is -0.505. The summed E-state index contributed by atoms with van der Waals surface area (Å²) in [5, 5.41) is 2.68. The van der Waals surface area contributed by atoms with Gasteiger partial charge in [-0.2, -0.15) is 0 Å². The standard InChI is InChI=1S/C19H26FNO3/c1-19(2,3)24-18(22)21-11-5-4-6-15-12-16(20)9-10-17(15)23-13-14-7-8-14/h4,6,9-10,12,14H,5,7-8,11,13H2,1-3H3,(H,21,22). The second-order valence-electron chi connectivity index (χ2n) is 7.06. The molecule has 1 amide bonds. The molecule has 2 rings (SSSR count). The Bertz CT molecular complexity index is 589. The van der Waals surface area contributed by atoms with Crippen molar-refractivity contribution < 1.29 is 18.7 Å². The molecule has 1 fully saturated rings. The molecule has 0 saturated heterocycles. The third-order valence-corrected chi connectivity index (χ3v) is 3.42. The van der Waals surface area contributed by atoms with Crippen LogP contribution in [0.3, 0.4) is 0 Å². The Kier molecular flexibility index (Phi) is 6.23. The number of amides is 1. The van der Waals surface area contributed by atoms with Crippen molar-refractivity contribution in [2.24, 2.45) is 5.92 Å². The fourth-order valence-electron chi connectivity index (χ4n) is 2.06. The number of alkyl carbamates (subject to hydrolysis) is 1. The van der Waals surface area contributed by atoms with Crippen molar-refractivity contribution in [2.45, 2.75) is 45.6 Å². The Morgan fingerprint density at radius 2 is 2.12 bits per heavy atom. The Balaban J connectivity index is 1.80. The summed E-state index contributed by atoms with van der Waals surface area (Å²) in [5.74, 6) is 1.05. The summed E-state index contributed by atoms with van der Waals surface area (Å²) in [6.07, 6.45) is 6.32. The zero-order valence-electron chi connectivity index (χ0n) is 14.6. The van der Waals surface area contributed by atoms with E-state index in [2.05, 4.69) is 5.32 Å². The molecule has 1 aromatic rings. The Morgan fingerprint density at radius 1 is 1.38 bits per heavy atom. The van der Waals surface area contributed by atoms with E-state index in [0.29, 0.717) is 36.8 Å². The van der Waals surface area contributed by atoms with Gasteiger partial charge in [0, 0.05) is 12.1 Å². The Hall–Kier alpha value is -2.04. The van der Waals surface area contributed by atoms with E-state index in [9.17, 15) is 9.18 Å². The monoisotopic (exact) mass is 335 g/mol. The van der Waals surface area contributed by atoms with Crippen LogP contribution < -0.4 is 10.1 Å². The smallest absolute Gasteiger partial charge is 0.407 e. The molecular formula is C19H26FNO3. The number of hydrogen-bond acceptors (Lipinski definition) is 3. The minimum absolute atomic E-state index is 0.291. The van der Waals surface area contributed by atoms with Gasteiger partial charge in [0.1, 0.15) is 17.2 Å². The van der Waals surface area contributed by atoms with Gasteiger partial charge >= 0.3 is 6.09 Å². The molecule has 0 atom stereocenters. The lowest BCUT2D eigenvalue weighted by atomic mass is 10.1. The van der Waals surface area contributed by atoms with E-state index in [1.54, 1.807) is 6.07 Å². The molecule has 0 spiro atoms. The van der Waals surface area contributed by atoms with Crippen LogP contribution in [0.15, 0.2) is 24.3 Å². The van der Waals surface area contributed by atoms with E-state index in [-0.39, 0.29) is 5.82 Å². The van der Waals surface area contributed by atoms with Gasteiger partial charge in [-0.05, 0) is 64.2 Å². The van der Waals surface area contributed by atoms with Crippen LogP contribution in [0, 0.1) is 11.7 Å². The van der Waals surface area contributed by atoms with Crippen molar-refractivity contribution in [3.05, 3.63) is 35.7 Å². The first-order chi connectivity index (χ1) is 11.3. The lowest BCUT2D eigenvalue weighted by Crippen LogP contribution is -2.32. The van der Waals surface area contributed by atoms with Crippen LogP contribution in [0.4, 0.5) is 9.18 Å². The molecule has 0 radical (unpaired) electrons. The van der Waals surface area contributed by atoms with Crippen molar-refractivity contribution >= 4 is 12.2 Å². The summed E-state index contributed by atoms with van der Waals surface area (Å²) in [5.41, 5.74) is 0.211. The average molecular weight is 335 g/mol. The molecule has 4 nitrogen and oxygen atoms in total. The van der Waals surface area contributed by atoms with Crippen LogP contribution in [0.25, 0.3) is 6.08 Å². The molecule has 1 aliphatic carbocycles. The van der Waals surface area contributed by atoms with Crippen molar-refractivity contribution in [3.63, 3.8) is 0 Å². The highest BCUT2D eigenvalue weighted by Gasteiger charge is 2.22. The molecule has 0 bridgehead atoms. The van der Waals surface area contributed by atoms with E-state index in [1.807, 2.05) is 32.9 Å². The first-order valence-corrected chi connectivity index (χ1v) is 8.39. The summed E-state index contributed by atoms with van der Waals surface area (Å²) in [4.78, 5) is 11.5. The quantitative estimate of drug-likeness (QED) is 0.744. The van der Waals surface area contributed by atoms with Gasteiger partial charge in [0.2, 0.25) is 0 Å². The molecule has 0 aliphatic heterocycles. The number of halogens is 1.